The van der Waals surface area contributed by atoms with E-state index >= 15 is 0 Å². The van der Waals surface area contributed by atoms with Crippen molar-refractivity contribution >= 4 is 5.69 Å². The lowest BCUT2D eigenvalue weighted by atomic mass is 10.0. The van der Waals surface area contributed by atoms with Crippen LogP contribution in [0.4, 0.5) is 5.69 Å². The molecule has 1 N–H and O–H groups in total. The zero-order valence-corrected chi connectivity index (χ0v) is 12.7. The van der Waals surface area contributed by atoms with E-state index in [1.807, 2.05) is 19.9 Å². The van der Waals surface area contributed by atoms with Crippen LogP contribution in [0.25, 0.3) is 0 Å². The summed E-state index contributed by atoms with van der Waals surface area (Å²) in [5, 5.41) is 0. The van der Waals surface area contributed by atoms with Gasteiger partial charge in [-0.3, -0.25) is 0 Å². The van der Waals surface area contributed by atoms with Crippen molar-refractivity contribution in [2.45, 2.75) is 53.1 Å². The van der Waals surface area contributed by atoms with Crippen LogP contribution in [0, 0.1) is 0 Å². The molecule has 1 aliphatic carbocycles. The van der Waals surface area contributed by atoms with Crippen molar-refractivity contribution in [2.75, 3.05) is 21.2 Å². The molecule has 1 saturated carbocycles. The molecule has 2 rings (SSSR count). The number of nitrogens with one attached hydrogen (secondary N) is 1. The summed E-state index contributed by atoms with van der Waals surface area (Å²) in [6, 6.07) is 10.4. The minimum absolute atomic E-state index is 0. The normalized spacial score (nSPS) is 12.4. The molecule has 1 aromatic carbocycles. The molecule has 0 amide bonds. The molecule has 0 unspecified atom stereocenters. The first kappa shape index (κ1) is 20.5. The van der Waals surface area contributed by atoms with E-state index in [2.05, 4.69) is 38.4 Å². The van der Waals surface area contributed by atoms with E-state index in [-0.39, 0.29) is 7.43 Å². The molecule has 0 saturated heterocycles. The Labute approximate surface area is 120 Å². The zero-order chi connectivity index (χ0) is 13.8. The number of quaternary nitrogens is 1. The van der Waals surface area contributed by atoms with Crippen LogP contribution in [0.2, 0.25) is 0 Å². The van der Waals surface area contributed by atoms with Gasteiger partial charge in [-0.05, 0) is 26.0 Å². The Bertz CT molecular complexity index is 262. The summed E-state index contributed by atoms with van der Waals surface area (Å²) in [6.07, 6.45) is 6.38. The van der Waals surface area contributed by atoms with E-state index in [1.54, 1.807) is 7.11 Å². The maximum Gasteiger partial charge on any atom is 0.130 e. The smallest absolute Gasteiger partial charge is 0.130 e. The van der Waals surface area contributed by atoms with E-state index < -0.39 is 0 Å². The quantitative estimate of drug-likeness (QED) is 0.863. The van der Waals surface area contributed by atoms with Crippen LogP contribution < -0.4 is 4.90 Å². The third-order valence-corrected chi connectivity index (χ3v) is 2.82. The number of hydrogen-bond acceptors (Lipinski definition) is 1. The summed E-state index contributed by atoms with van der Waals surface area (Å²) in [7, 11) is 5.94. The summed E-state index contributed by atoms with van der Waals surface area (Å²) in [5.41, 5.74) is 1.33. The lowest BCUT2D eigenvalue weighted by molar-refractivity contribution is -0.786. The first-order chi connectivity index (χ1) is 8.57. The molecule has 1 aromatic rings. The minimum atomic E-state index is 0. The van der Waals surface area contributed by atoms with Crippen molar-refractivity contribution in [1.29, 1.82) is 0 Å². The van der Waals surface area contributed by atoms with Gasteiger partial charge in [-0.25, -0.2) is 0 Å². The van der Waals surface area contributed by atoms with Crippen LogP contribution in [0.1, 0.15) is 47.0 Å². The van der Waals surface area contributed by atoms with Gasteiger partial charge in [-0.2, -0.15) is 0 Å². The number of methoxy groups -OCH3 is 1. The Morgan fingerprint density at radius 1 is 0.947 bits per heavy atom. The number of hydrogen-bond donors (Lipinski definition) is 1. The molecule has 1 fully saturated rings. The zero-order valence-electron chi connectivity index (χ0n) is 12.7. The van der Waals surface area contributed by atoms with Crippen LogP contribution in [-0.4, -0.2) is 27.3 Å². The summed E-state index contributed by atoms with van der Waals surface area (Å²) in [5.74, 6) is 0. The third-order valence-electron chi connectivity index (χ3n) is 2.82. The molecule has 0 bridgehead atoms. The Morgan fingerprint density at radius 3 is 1.47 bits per heavy atom. The lowest BCUT2D eigenvalue weighted by Crippen LogP contribution is -3.00. The number of ether oxygens (including phenoxy) is 1. The predicted octanol–water partition coefficient (Wildman–Crippen LogP) is 3.70. The molecule has 0 aliphatic heterocycles. The molecule has 19 heavy (non-hydrogen) atoms. The van der Waals surface area contributed by atoms with E-state index in [9.17, 15) is 0 Å². The van der Waals surface area contributed by atoms with Gasteiger partial charge < -0.3 is 9.64 Å². The molecule has 2 nitrogen and oxygen atoms in total. The number of benzene rings is 1. The maximum absolute atomic E-state index is 4.75. The summed E-state index contributed by atoms with van der Waals surface area (Å²) in [4.78, 5) is 1.37. The van der Waals surface area contributed by atoms with Gasteiger partial charge in [0.2, 0.25) is 0 Å². The molecular weight excluding hydrogens is 234 g/mol. The highest BCUT2D eigenvalue weighted by molar-refractivity contribution is 5.27. The van der Waals surface area contributed by atoms with Crippen molar-refractivity contribution < 1.29 is 9.64 Å². The van der Waals surface area contributed by atoms with Crippen LogP contribution in [0.3, 0.4) is 0 Å². The first-order valence-corrected chi connectivity index (χ1v) is 6.96. The molecule has 0 aromatic heterocycles. The molecular formula is C17H34NO+. The highest BCUT2D eigenvalue weighted by Gasteiger charge is 1.95. The van der Waals surface area contributed by atoms with Gasteiger partial charge >= 0.3 is 0 Å². The van der Waals surface area contributed by atoms with Gasteiger partial charge in [0.05, 0.1) is 20.2 Å². The molecule has 2 heteroatoms. The summed E-state index contributed by atoms with van der Waals surface area (Å²) >= 11 is 0. The second kappa shape index (κ2) is 13.6. The van der Waals surface area contributed by atoms with E-state index in [1.165, 1.54) is 36.3 Å². The standard InChI is InChI=1S/C8H11N.C4H10O.C4H8.CH4/c1-9(2)8-6-4-3-5-7-8;1-4(2)5-3;1-2-4-3-1;/h3-7H,1-2H3;4H,1-3H3;1-4H2;1H4/p+1. The Morgan fingerprint density at radius 2 is 1.32 bits per heavy atom. The summed E-state index contributed by atoms with van der Waals surface area (Å²) < 4.78 is 4.75. The predicted molar refractivity (Wildman–Crippen MR) is 86.3 cm³/mol. The second-order valence-electron chi connectivity index (χ2n) is 5.06. The Hall–Kier alpha value is -0.860. The van der Waals surface area contributed by atoms with E-state index in [0.717, 1.165) is 0 Å². The monoisotopic (exact) mass is 268 g/mol. The molecule has 0 radical (unpaired) electrons. The maximum atomic E-state index is 4.75. The van der Waals surface area contributed by atoms with Gasteiger partial charge in [0.15, 0.2) is 0 Å². The van der Waals surface area contributed by atoms with Gasteiger partial charge in [-0.15, -0.1) is 0 Å². The minimum Gasteiger partial charge on any atom is -0.382 e. The lowest BCUT2D eigenvalue weighted by Gasteiger charge is -2.05. The number of rotatable bonds is 2. The first-order valence-electron chi connectivity index (χ1n) is 6.96. The number of para-hydroxylation sites is 1. The third kappa shape index (κ3) is 13.4. The van der Waals surface area contributed by atoms with Gasteiger partial charge in [0.1, 0.15) is 5.69 Å². The highest BCUT2D eigenvalue weighted by atomic mass is 16.5. The largest absolute Gasteiger partial charge is 0.382 e. The molecule has 0 heterocycles. The van der Waals surface area contributed by atoms with Crippen molar-refractivity contribution in [3.63, 3.8) is 0 Å². The van der Waals surface area contributed by atoms with Crippen LogP contribution in [-0.2, 0) is 4.74 Å². The topological polar surface area (TPSA) is 13.7 Å². The van der Waals surface area contributed by atoms with Crippen molar-refractivity contribution in [1.82, 2.24) is 0 Å². The van der Waals surface area contributed by atoms with E-state index in [0.29, 0.717) is 6.10 Å². The fourth-order valence-electron chi connectivity index (χ4n) is 1.02. The average Bonchev–Trinajstić information content (AvgIpc) is 2.28. The fourth-order valence-corrected chi connectivity index (χ4v) is 1.02. The molecule has 0 spiro atoms. The molecule has 0 atom stereocenters. The van der Waals surface area contributed by atoms with Crippen LogP contribution in [0.5, 0.6) is 0 Å². The van der Waals surface area contributed by atoms with Crippen LogP contribution >= 0.6 is 0 Å². The Kier molecular flexibility index (Phi) is 14.6. The van der Waals surface area contributed by atoms with E-state index in [4.69, 9.17) is 4.74 Å². The SMILES string of the molecule is C.C1CCC1.COC(C)C.C[NH+](C)c1ccccc1. The molecule has 112 valence electrons. The Balaban J connectivity index is 0. The average molecular weight is 268 g/mol. The van der Waals surface area contributed by atoms with Crippen LogP contribution in [0.15, 0.2) is 30.3 Å². The van der Waals surface area contributed by atoms with Gasteiger partial charge in [0, 0.05) is 7.11 Å². The summed E-state index contributed by atoms with van der Waals surface area (Å²) in [6.45, 7) is 4.00. The van der Waals surface area contributed by atoms with Gasteiger partial charge in [-0.1, -0.05) is 51.3 Å². The fraction of sp³-hybridized carbons (Fsp3) is 0.647. The molecule has 1 aliphatic rings. The highest BCUT2D eigenvalue weighted by Crippen LogP contribution is 2.15. The second-order valence-corrected chi connectivity index (χ2v) is 5.06. The van der Waals surface area contributed by atoms with Crippen molar-refractivity contribution in [2.24, 2.45) is 0 Å². The van der Waals surface area contributed by atoms with Crippen molar-refractivity contribution in [3.8, 4) is 0 Å². The van der Waals surface area contributed by atoms with Crippen molar-refractivity contribution in [3.05, 3.63) is 30.3 Å². The van der Waals surface area contributed by atoms with Gasteiger partial charge in [0.25, 0.3) is 0 Å².